The lowest BCUT2D eigenvalue weighted by Crippen LogP contribution is -2.47. The summed E-state index contributed by atoms with van der Waals surface area (Å²) in [5.41, 5.74) is 0. The van der Waals surface area contributed by atoms with E-state index in [-0.39, 0.29) is 0 Å². The van der Waals surface area contributed by atoms with Crippen molar-refractivity contribution in [2.45, 2.75) is 19.4 Å². The number of likely N-dealkylation sites (N-methyl/N-ethyl adjacent to an activating group) is 1. The van der Waals surface area contributed by atoms with Crippen LogP contribution in [-0.4, -0.2) is 87.7 Å². The number of hydrogen-bond acceptors (Lipinski definition) is 4. The van der Waals surface area contributed by atoms with Gasteiger partial charge in [0.2, 0.25) is 0 Å². The standard InChI is InChI=1S/C13H30N4/c1-13(5-7-15(2)3)14-6-8-17-11-9-16(4)10-12-17/h13-14H,5-12H2,1-4H3. The maximum Gasteiger partial charge on any atom is 0.0110 e. The molecule has 1 rings (SSSR count). The van der Waals surface area contributed by atoms with Crippen LogP contribution in [0.4, 0.5) is 0 Å². The van der Waals surface area contributed by atoms with Gasteiger partial charge in [0.15, 0.2) is 0 Å². The third-order valence-corrected chi connectivity index (χ3v) is 3.53. The smallest absolute Gasteiger partial charge is 0.0110 e. The quantitative estimate of drug-likeness (QED) is 0.687. The van der Waals surface area contributed by atoms with E-state index in [2.05, 4.69) is 48.1 Å². The van der Waals surface area contributed by atoms with Crippen molar-refractivity contribution in [2.75, 3.05) is 67.0 Å². The molecule has 0 aliphatic carbocycles. The predicted octanol–water partition coefficient (Wildman–Crippen LogP) is 0.164. The van der Waals surface area contributed by atoms with Gasteiger partial charge in [0.25, 0.3) is 0 Å². The summed E-state index contributed by atoms with van der Waals surface area (Å²) >= 11 is 0. The first-order chi connectivity index (χ1) is 8.08. The first kappa shape index (κ1) is 14.9. The van der Waals surface area contributed by atoms with E-state index in [9.17, 15) is 0 Å². The van der Waals surface area contributed by atoms with E-state index in [1.165, 1.54) is 45.7 Å². The second-order valence-electron chi connectivity index (χ2n) is 5.59. The molecule has 0 bridgehead atoms. The zero-order valence-corrected chi connectivity index (χ0v) is 12.1. The molecule has 0 amide bonds. The van der Waals surface area contributed by atoms with Crippen LogP contribution in [0.3, 0.4) is 0 Å². The van der Waals surface area contributed by atoms with Crippen molar-refractivity contribution in [3.8, 4) is 0 Å². The number of piperazine rings is 1. The van der Waals surface area contributed by atoms with E-state index >= 15 is 0 Å². The number of nitrogens with one attached hydrogen (secondary N) is 1. The number of hydrogen-bond donors (Lipinski definition) is 1. The molecule has 1 heterocycles. The Morgan fingerprint density at radius 3 is 2.41 bits per heavy atom. The van der Waals surface area contributed by atoms with Gasteiger partial charge in [-0.3, -0.25) is 4.90 Å². The molecule has 1 N–H and O–H groups in total. The molecule has 0 radical (unpaired) electrons. The van der Waals surface area contributed by atoms with Crippen LogP contribution in [0, 0.1) is 0 Å². The Morgan fingerprint density at radius 1 is 1.18 bits per heavy atom. The van der Waals surface area contributed by atoms with Gasteiger partial charge in [-0.15, -0.1) is 0 Å². The van der Waals surface area contributed by atoms with Crippen molar-refractivity contribution >= 4 is 0 Å². The van der Waals surface area contributed by atoms with Gasteiger partial charge in [-0.1, -0.05) is 0 Å². The van der Waals surface area contributed by atoms with Gasteiger partial charge in [0.05, 0.1) is 0 Å². The van der Waals surface area contributed by atoms with Crippen molar-refractivity contribution in [1.82, 2.24) is 20.0 Å². The average molecular weight is 242 g/mol. The lowest BCUT2D eigenvalue weighted by atomic mass is 10.2. The topological polar surface area (TPSA) is 21.8 Å². The first-order valence-corrected chi connectivity index (χ1v) is 6.87. The van der Waals surface area contributed by atoms with Gasteiger partial charge in [0, 0.05) is 45.3 Å². The molecule has 17 heavy (non-hydrogen) atoms. The molecule has 4 heteroatoms. The Morgan fingerprint density at radius 2 is 1.82 bits per heavy atom. The molecular formula is C13H30N4. The van der Waals surface area contributed by atoms with Crippen molar-refractivity contribution in [2.24, 2.45) is 0 Å². The highest BCUT2D eigenvalue weighted by Gasteiger charge is 2.13. The Hall–Kier alpha value is -0.160. The molecule has 0 aromatic heterocycles. The summed E-state index contributed by atoms with van der Waals surface area (Å²) in [5, 5.41) is 3.61. The normalized spacial score (nSPS) is 21.0. The van der Waals surface area contributed by atoms with E-state index in [0.717, 1.165) is 6.54 Å². The monoisotopic (exact) mass is 242 g/mol. The van der Waals surface area contributed by atoms with E-state index < -0.39 is 0 Å². The molecule has 1 aliphatic heterocycles. The fourth-order valence-electron chi connectivity index (χ4n) is 2.09. The Kier molecular flexibility index (Phi) is 7.04. The van der Waals surface area contributed by atoms with Gasteiger partial charge in [0.1, 0.15) is 0 Å². The van der Waals surface area contributed by atoms with Crippen molar-refractivity contribution in [1.29, 1.82) is 0 Å². The van der Waals surface area contributed by atoms with Crippen LogP contribution in [0.1, 0.15) is 13.3 Å². The summed E-state index contributed by atoms with van der Waals surface area (Å²) in [5.74, 6) is 0. The molecule has 0 saturated carbocycles. The predicted molar refractivity (Wildman–Crippen MR) is 74.6 cm³/mol. The largest absolute Gasteiger partial charge is 0.313 e. The molecule has 1 aliphatic rings. The minimum Gasteiger partial charge on any atom is -0.313 e. The molecule has 1 atom stereocenters. The second kappa shape index (κ2) is 8.03. The SMILES string of the molecule is CC(CCN(C)C)NCCN1CCN(C)CC1. The molecule has 1 saturated heterocycles. The van der Waals surface area contributed by atoms with Crippen LogP contribution in [0.2, 0.25) is 0 Å². The van der Waals surface area contributed by atoms with Gasteiger partial charge in [-0.2, -0.15) is 0 Å². The first-order valence-electron chi connectivity index (χ1n) is 6.87. The lowest BCUT2D eigenvalue weighted by Gasteiger charge is -2.32. The average Bonchev–Trinajstić information content (AvgIpc) is 2.29. The second-order valence-corrected chi connectivity index (χ2v) is 5.59. The van der Waals surface area contributed by atoms with E-state index in [1.54, 1.807) is 0 Å². The van der Waals surface area contributed by atoms with Crippen molar-refractivity contribution in [3.05, 3.63) is 0 Å². The lowest BCUT2D eigenvalue weighted by molar-refractivity contribution is 0.153. The van der Waals surface area contributed by atoms with Crippen LogP contribution in [0.5, 0.6) is 0 Å². The molecule has 0 aromatic carbocycles. The van der Waals surface area contributed by atoms with Crippen LogP contribution in [-0.2, 0) is 0 Å². The van der Waals surface area contributed by atoms with E-state index in [1.807, 2.05) is 0 Å². The van der Waals surface area contributed by atoms with E-state index in [0.29, 0.717) is 6.04 Å². The van der Waals surface area contributed by atoms with Gasteiger partial charge in [-0.05, 0) is 41.0 Å². The highest BCUT2D eigenvalue weighted by molar-refractivity contribution is 4.71. The Bertz CT molecular complexity index is 188. The molecule has 0 spiro atoms. The molecular weight excluding hydrogens is 212 g/mol. The van der Waals surface area contributed by atoms with Crippen molar-refractivity contribution < 1.29 is 0 Å². The molecule has 102 valence electrons. The highest BCUT2D eigenvalue weighted by Crippen LogP contribution is 1.98. The zero-order valence-electron chi connectivity index (χ0n) is 12.1. The van der Waals surface area contributed by atoms with Gasteiger partial charge >= 0.3 is 0 Å². The summed E-state index contributed by atoms with van der Waals surface area (Å²) in [6.07, 6.45) is 1.23. The van der Waals surface area contributed by atoms with Gasteiger partial charge in [-0.25, -0.2) is 0 Å². The summed E-state index contributed by atoms with van der Waals surface area (Å²) in [6, 6.07) is 0.630. The fraction of sp³-hybridized carbons (Fsp3) is 1.00. The zero-order chi connectivity index (χ0) is 12.7. The van der Waals surface area contributed by atoms with E-state index in [4.69, 9.17) is 0 Å². The summed E-state index contributed by atoms with van der Waals surface area (Å²) in [7, 11) is 6.48. The molecule has 1 unspecified atom stereocenters. The minimum atomic E-state index is 0.630. The third-order valence-electron chi connectivity index (χ3n) is 3.53. The number of nitrogens with zero attached hydrogens (tertiary/aromatic N) is 3. The van der Waals surface area contributed by atoms with Crippen LogP contribution >= 0.6 is 0 Å². The van der Waals surface area contributed by atoms with Crippen LogP contribution in [0.25, 0.3) is 0 Å². The highest BCUT2D eigenvalue weighted by atomic mass is 15.2. The number of rotatable bonds is 7. The summed E-state index contributed by atoms with van der Waals surface area (Å²) < 4.78 is 0. The summed E-state index contributed by atoms with van der Waals surface area (Å²) in [4.78, 5) is 7.22. The Balaban J connectivity index is 1.99. The molecule has 1 fully saturated rings. The summed E-state index contributed by atoms with van der Waals surface area (Å²) in [6.45, 7) is 10.7. The molecule has 0 aromatic rings. The maximum absolute atomic E-state index is 3.61. The third kappa shape index (κ3) is 6.99. The fourth-order valence-corrected chi connectivity index (χ4v) is 2.09. The van der Waals surface area contributed by atoms with Crippen LogP contribution in [0.15, 0.2) is 0 Å². The minimum absolute atomic E-state index is 0.630. The Labute approximate surface area is 107 Å². The van der Waals surface area contributed by atoms with Crippen LogP contribution < -0.4 is 5.32 Å². The van der Waals surface area contributed by atoms with Gasteiger partial charge < -0.3 is 15.1 Å². The maximum atomic E-state index is 3.61. The van der Waals surface area contributed by atoms with Crippen molar-refractivity contribution in [3.63, 3.8) is 0 Å². The molecule has 4 nitrogen and oxygen atoms in total.